The number of anilines is 1. The maximum atomic E-state index is 12.8. The molecule has 6 heteroatoms. The monoisotopic (exact) mass is 332 g/mol. The van der Waals surface area contributed by atoms with Gasteiger partial charge in [0.05, 0.1) is 20.8 Å². The zero-order chi connectivity index (χ0) is 17.4. The highest BCUT2D eigenvalue weighted by atomic mass is 19.1. The highest BCUT2D eigenvalue weighted by molar-refractivity contribution is 5.92. The molecular formula is C18H21FN2O3. The number of carbonyl (C=O) groups is 1. The summed E-state index contributed by atoms with van der Waals surface area (Å²) in [7, 11) is 3.10. The van der Waals surface area contributed by atoms with Gasteiger partial charge in [-0.25, -0.2) is 4.39 Å². The summed E-state index contributed by atoms with van der Waals surface area (Å²) < 4.78 is 23.2. The normalized spacial score (nSPS) is 10.3. The van der Waals surface area contributed by atoms with Crippen molar-refractivity contribution in [2.75, 3.05) is 32.6 Å². The summed E-state index contributed by atoms with van der Waals surface area (Å²) in [5.41, 5.74) is 1.65. The molecule has 0 saturated heterocycles. The van der Waals surface area contributed by atoms with E-state index in [1.807, 2.05) is 0 Å². The molecule has 0 aliphatic rings. The zero-order valence-corrected chi connectivity index (χ0v) is 13.8. The van der Waals surface area contributed by atoms with E-state index in [-0.39, 0.29) is 18.3 Å². The quantitative estimate of drug-likeness (QED) is 0.730. The number of halogens is 1. The lowest BCUT2D eigenvalue weighted by molar-refractivity contribution is -0.115. The summed E-state index contributed by atoms with van der Waals surface area (Å²) in [6.45, 7) is 0.820. The molecule has 2 rings (SSSR count). The topological polar surface area (TPSA) is 59.6 Å². The van der Waals surface area contributed by atoms with Gasteiger partial charge in [0, 0.05) is 11.8 Å². The van der Waals surface area contributed by atoms with Crippen LogP contribution in [0.25, 0.3) is 0 Å². The van der Waals surface area contributed by atoms with E-state index in [9.17, 15) is 9.18 Å². The largest absolute Gasteiger partial charge is 0.493 e. The standard InChI is InChI=1S/C18H21FN2O3/c1-23-16-8-7-15(11-17(16)24-2)21-18(22)12-20-10-9-13-3-5-14(19)6-4-13/h3-8,11,20H,9-10,12H2,1-2H3,(H,21,22). The molecule has 0 bridgehead atoms. The fourth-order valence-electron chi connectivity index (χ4n) is 2.20. The second-order valence-corrected chi connectivity index (χ2v) is 5.17. The van der Waals surface area contributed by atoms with Crippen molar-refractivity contribution in [3.63, 3.8) is 0 Å². The second-order valence-electron chi connectivity index (χ2n) is 5.17. The van der Waals surface area contributed by atoms with Crippen molar-refractivity contribution in [1.29, 1.82) is 0 Å². The third-order valence-corrected chi connectivity index (χ3v) is 3.46. The van der Waals surface area contributed by atoms with Crippen molar-refractivity contribution in [2.24, 2.45) is 0 Å². The third kappa shape index (κ3) is 5.24. The molecular weight excluding hydrogens is 311 g/mol. The minimum absolute atomic E-state index is 0.152. The molecule has 1 amide bonds. The van der Waals surface area contributed by atoms with Crippen LogP contribution in [-0.2, 0) is 11.2 Å². The number of hydrogen-bond donors (Lipinski definition) is 2. The third-order valence-electron chi connectivity index (χ3n) is 3.46. The molecule has 0 aliphatic heterocycles. The summed E-state index contributed by atoms with van der Waals surface area (Å²) in [6, 6.07) is 11.5. The number of benzene rings is 2. The van der Waals surface area contributed by atoms with Gasteiger partial charge in [0.15, 0.2) is 11.5 Å². The van der Waals surface area contributed by atoms with Crippen LogP contribution in [0.15, 0.2) is 42.5 Å². The van der Waals surface area contributed by atoms with Gasteiger partial charge in [-0.05, 0) is 42.8 Å². The molecule has 2 aromatic carbocycles. The smallest absolute Gasteiger partial charge is 0.238 e. The van der Waals surface area contributed by atoms with Gasteiger partial charge in [-0.3, -0.25) is 4.79 Å². The Morgan fingerprint density at radius 3 is 2.42 bits per heavy atom. The molecule has 5 nitrogen and oxygen atoms in total. The highest BCUT2D eigenvalue weighted by Gasteiger charge is 2.07. The lowest BCUT2D eigenvalue weighted by Gasteiger charge is -2.11. The lowest BCUT2D eigenvalue weighted by Crippen LogP contribution is -2.29. The van der Waals surface area contributed by atoms with Crippen molar-refractivity contribution in [3.8, 4) is 11.5 Å². The molecule has 24 heavy (non-hydrogen) atoms. The first-order chi connectivity index (χ1) is 11.6. The molecule has 0 spiro atoms. The van der Waals surface area contributed by atoms with Gasteiger partial charge >= 0.3 is 0 Å². The van der Waals surface area contributed by atoms with Crippen molar-refractivity contribution < 1.29 is 18.7 Å². The van der Waals surface area contributed by atoms with Crippen molar-refractivity contribution in [2.45, 2.75) is 6.42 Å². The van der Waals surface area contributed by atoms with Gasteiger partial charge < -0.3 is 20.1 Å². The number of ether oxygens (including phenoxy) is 2. The first-order valence-electron chi connectivity index (χ1n) is 7.59. The SMILES string of the molecule is COc1ccc(NC(=O)CNCCc2ccc(F)cc2)cc1OC. The number of rotatable bonds is 8. The Morgan fingerprint density at radius 2 is 1.75 bits per heavy atom. The van der Waals surface area contributed by atoms with Crippen LogP contribution in [0.2, 0.25) is 0 Å². The maximum absolute atomic E-state index is 12.8. The van der Waals surface area contributed by atoms with Gasteiger partial charge in [-0.2, -0.15) is 0 Å². The maximum Gasteiger partial charge on any atom is 0.238 e. The van der Waals surface area contributed by atoms with E-state index in [1.165, 1.54) is 12.1 Å². The Labute approximate surface area is 140 Å². The fraction of sp³-hybridized carbons (Fsp3) is 0.278. The molecule has 0 heterocycles. The van der Waals surface area contributed by atoms with E-state index < -0.39 is 0 Å². The summed E-state index contributed by atoms with van der Waals surface area (Å²) in [6.07, 6.45) is 0.726. The first kappa shape index (κ1) is 17.7. The number of carbonyl (C=O) groups excluding carboxylic acids is 1. The van der Waals surface area contributed by atoms with Crippen LogP contribution in [0.1, 0.15) is 5.56 Å². The van der Waals surface area contributed by atoms with Crippen LogP contribution in [0.3, 0.4) is 0 Å². The van der Waals surface area contributed by atoms with Crippen molar-refractivity contribution >= 4 is 11.6 Å². The number of hydrogen-bond acceptors (Lipinski definition) is 4. The molecule has 0 aliphatic carbocycles. The summed E-state index contributed by atoms with van der Waals surface area (Å²) in [5, 5.41) is 5.85. The van der Waals surface area contributed by atoms with Crippen LogP contribution in [-0.4, -0.2) is 33.2 Å². The molecule has 0 aromatic heterocycles. The Balaban J connectivity index is 1.76. The lowest BCUT2D eigenvalue weighted by atomic mass is 10.1. The molecule has 2 aromatic rings. The van der Waals surface area contributed by atoms with E-state index in [4.69, 9.17) is 9.47 Å². The minimum Gasteiger partial charge on any atom is -0.493 e. The van der Waals surface area contributed by atoms with Gasteiger partial charge in [-0.15, -0.1) is 0 Å². The van der Waals surface area contributed by atoms with E-state index in [0.717, 1.165) is 12.0 Å². The van der Waals surface area contributed by atoms with Crippen LogP contribution < -0.4 is 20.1 Å². The minimum atomic E-state index is -0.249. The number of amides is 1. The van der Waals surface area contributed by atoms with Gasteiger partial charge in [-0.1, -0.05) is 12.1 Å². The summed E-state index contributed by atoms with van der Waals surface area (Å²) in [5.74, 6) is 0.759. The second kappa shape index (κ2) is 8.88. The average Bonchev–Trinajstić information content (AvgIpc) is 2.60. The Morgan fingerprint density at radius 1 is 1.04 bits per heavy atom. The fourth-order valence-corrected chi connectivity index (χ4v) is 2.20. The summed E-state index contributed by atoms with van der Waals surface area (Å²) >= 11 is 0. The Hall–Kier alpha value is -2.60. The average molecular weight is 332 g/mol. The summed E-state index contributed by atoms with van der Waals surface area (Å²) in [4.78, 5) is 11.9. The number of methoxy groups -OCH3 is 2. The van der Waals surface area contributed by atoms with Gasteiger partial charge in [0.25, 0.3) is 0 Å². The van der Waals surface area contributed by atoms with Gasteiger partial charge in [0.2, 0.25) is 5.91 Å². The molecule has 0 atom stereocenters. The van der Waals surface area contributed by atoms with Gasteiger partial charge in [0.1, 0.15) is 5.82 Å². The zero-order valence-electron chi connectivity index (χ0n) is 13.8. The van der Waals surface area contributed by atoms with E-state index >= 15 is 0 Å². The first-order valence-corrected chi connectivity index (χ1v) is 7.59. The van der Waals surface area contributed by atoms with Crippen molar-refractivity contribution in [1.82, 2.24) is 5.32 Å². The van der Waals surface area contributed by atoms with Crippen molar-refractivity contribution in [3.05, 3.63) is 53.8 Å². The van der Waals surface area contributed by atoms with E-state index in [0.29, 0.717) is 23.7 Å². The predicted octanol–water partition coefficient (Wildman–Crippen LogP) is 2.61. The highest BCUT2D eigenvalue weighted by Crippen LogP contribution is 2.29. The molecule has 0 radical (unpaired) electrons. The van der Waals surface area contributed by atoms with Crippen LogP contribution in [0, 0.1) is 5.82 Å². The van der Waals surface area contributed by atoms with E-state index in [2.05, 4.69) is 10.6 Å². The predicted molar refractivity (Wildman–Crippen MR) is 91.1 cm³/mol. The van der Waals surface area contributed by atoms with Crippen LogP contribution >= 0.6 is 0 Å². The van der Waals surface area contributed by atoms with E-state index in [1.54, 1.807) is 44.6 Å². The molecule has 0 unspecified atom stereocenters. The molecule has 128 valence electrons. The number of nitrogens with one attached hydrogen (secondary N) is 2. The molecule has 0 saturated carbocycles. The Bertz CT molecular complexity index is 674. The Kier molecular flexibility index (Phi) is 6.57. The molecule has 0 fully saturated rings. The van der Waals surface area contributed by atoms with Crippen LogP contribution in [0.4, 0.5) is 10.1 Å². The molecule has 2 N–H and O–H groups in total. The van der Waals surface area contributed by atoms with Crippen LogP contribution in [0.5, 0.6) is 11.5 Å².